The minimum absolute atomic E-state index is 0.0808. The third kappa shape index (κ3) is 6.81. The maximum atomic E-state index is 6.93. The zero-order valence-electron chi connectivity index (χ0n) is 22.5. The van der Waals surface area contributed by atoms with Crippen molar-refractivity contribution in [3.63, 3.8) is 0 Å². The predicted octanol–water partition coefficient (Wildman–Crippen LogP) is 7.51. The Kier molecular flexibility index (Phi) is 8.97. The van der Waals surface area contributed by atoms with Crippen molar-refractivity contribution in [1.29, 1.82) is 0 Å². The number of hydrogen-bond donors (Lipinski definition) is 0. The molecule has 31 heavy (non-hydrogen) atoms. The minimum atomic E-state index is -1.53. The van der Waals surface area contributed by atoms with Gasteiger partial charge in [-0.05, 0) is 50.4 Å². The lowest BCUT2D eigenvalue weighted by atomic mass is 9.63. The first-order valence-corrected chi connectivity index (χ1v) is 19.7. The Balaban J connectivity index is 2.23. The topological polar surface area (TPSA) is 21.7 Å². The zero-order valence-corrected chi connectivity index (χ0v) is 24.5. The number of hydrogen-bond acceptors (Lipinski definition) is 3. The number of rotatable bonds is 11. The van der Waals surface area contributed by atoms with Gasteiger partial charge in [0, 0.05) is 5.94 Å². The quantitative estimate of drug-likeness (QED) is 0.179. The summed E-state index contributed by atoms with van der Waals surface area (Å²) in [4.78, 5) is 0. The first-order valence-electron chi connectivity index (χ1n) is 12.9. The molecule has 1 heterocycles. The van der Waals surface area contributed by atoms with Crippen LogP contribution >= 0.6 is 0 Å². The molecule has 1 saturated carbocycles. The fraction of sp³-hybridized carbons (Fsp3) is 0.920. The molecule has 0 radical (unpaired) electrons. The summed E-state index contributed by atoms with van der Waals surface area (Å²) in [5.74, 6) is 1.06. The second kappa shape index (κ2) is 10.2. The summed E-state index contributed by atoms with van der Waals surface area (Å²) in [7, 11) is -3.13. The van der Waals surface area contributed by atoms with Crippen LogP contribution in [0.5, 0.6) is 0 Å². The molecule has 2 aliphatic rings. The van der Waals surface area contributed by atoms with Crippen molar-refractivity contribution in [2.24, 2.45) is 11.3 Å². The predicted molar refractivity (Wildman–Crippen MR) is 143 cm³/mol. The van der Waals surface area contributed by atoms with Crippen LogP contribution in [0.1, 0.15) is 79.1 Å². The summed E-state index contributed by atoms with van der Waals surface area (Å²) in [6.45, 7) is 28.5. The standard InChI is InChI=1S/C25H52BNO2Si2/c1-12-13-14-15-16-17-18-23(27(30(6,7)8)31(9,10)11)26-28-22-19-21(2)24(3,4)20-25(22,5)29-26/h12,21-23H,1,13-20H2,2-11H3/t21-,22+,23-,25-/m0/s1. The van der Waals surface area contributed by atoms with Crippen molar-refractivity contribution in [3.8, 4) is 0 Å². The van der Waals surface area contributed by atoms with Crippen molar-refractivity contribution in [1.82, 2.24) is 4.23 Å². The summed E-state index contributed by atoms with van der Waals surface area (Å²) in [6.07, 6.45) is 12.0. The summed E-state index contributed by atoms with van der Waals surface area (Å²) >= 11 is 0. The maximum absolute atomic E-state index is 6.93. The smallest absolute Gasteiger partial charge is 0.404 e. The van der Waals surface area contributed by atoms with Gasteiger partial charge in [-0.3, -0.25) is 0 Å². The van der Waals surface area contributed by atoms with Crippen LogP contribution in [-0.4, -0.2) is 45.5 Å². The maximum Gasteiger partial charge on any atom is 0.474 e. The average Bonchev–Trinajstić information content (AvgIpc) is 2.90. The third-order valence-electron chi connectivity index (χ3n) is 7.82. The highest BCUT2D eigenvalue weighted by Gasteiger charge is 2.59. The Bertz CT molecular complexity index is 587. The number of nitrogens with zero attached hydrogens (tertiary/aromatic N) is 1. The van der Waals surface area contributed by atoms with E-state index in [1.54, 1.807) is 0 Å². The van der Waals surface area contributed by atoms with Crippen LogP contribution in [0.25, 0.3) is 0 Å². The van der Waals surface area contributed by atoms with E-state index in [0.717, 1.165) is 19.3 Å². The van der Waals surface area contributed by atoms with E-state index in [9.17, 15) is 0 Å². The van der Waals surface area contributed by atoms with Crippen LogP contribution in [-0.2, 0) is 9.31 Å². The van der Waals surface area contributed by atoms with E-state index in [0.29, 0.717) is 17.3 Å². The Morgan fingerprint density at radius 1 is 1.03 bits per heavy atom. The lowest BCUT2D eigenvalue weighted by molar-refractivity contribution is -0.0576. The van der Waals surface area contributed by atoms with Crippen molar-refractivity contribution < 1.29 is 9.31 Å². The molecule has 0 N–H and O–H groups in total. The molecule has 0 unspecified atom stereocenters. The summed E-state index contributed by atoms with van der Waals surface area (Å²) in [5, 5.41) is 0. The van der Waals surface area contributed by atoms with Crippen molar-refractivity contribution in [2.45, 2.75) is 136 Å². The highest BCUT2D eigenvalue weighted by Crippen LogP contribution is 2.51. The van der Waals surface area contributed by atoms with Gasteiger partial charge in [-0.25, -0.2) is 0 Å². The third-order valence-corrected chi connectivity index (χ3v) is 15.4. The normalized spacial score (nSPS) is 29.8. The molecule has 1 saturated heterocycles. The number of allylic oxidation sites excluding steroid dienone is 1. The fourth-order valence-corrected chi connectivity index (χ4v) is 16.9. The SMILES string of the molecule is C=CCCCCCC[C@@H](B1O[C@@H]2C[C@H](C)C(C)(C)C[C@]2(C)O1)N([Si](C)(C)C)[Si](C)(C)C. The fourth-order valence-electron chi connectivity index (χ4n) is 6.41. The van der Waals surface area contributed by atoms with E-state index >= 15 is 0 Å². The lowest BCUT2D eigenvalue weighted by Gasteiger charge is -2.49. The first-order chi connectivity index (χ1) is 14.1. The summed E-state index contributed by atoms with van der Waals surface area (Å²) in [5.41, 5.74) is 0.162. The Hall–Kier alpha value is 0.119. The van der Waals surface area contributed by atoms with Crippen LogP contribution in [0.15, 0.2) is 12.7 Å². The van der Waals surface area contributed by atoms with Gasteiger partial charge in [-0.15, -0.1) is 6.58 Å². The highest BCUT2D eigenvalue weighted by atomic mass is 28.4. The molecule has 0 spiro atoms. The number of unbranched alkanes of at least 4 members (excludes halogenated alkanes) is 4. The second-order valence-corrected chi connectivity index (χ2v) is 23.4. The molecule has 1 aliphatic carbocycles. The van der Waals surface area contributed by atoms with E-state index < -0.39 is 16.5 Å². The second-order valence-electron chi connectivity index (χ2n) is 13.3. The molecule has 6 heteroatoms. The Labute approximate surface area is 197 Å². The van der Waals surface area contributed by atoms with Crippen LogP contribution in [0.3, 0.4) is 0 Å². The average molecular weight is 466 g/mol. The molecule has 0 aromatic heterocycles. The molecule has 0 bridgehead atoms. The van der Waals surface area contributed by atoms with Gasteiger partial charge in [-0.2, -0.15) is 0 Å². The van der Waals surface area contributed by atoms with E-state index in [2.05, 4.69) is 77.8 Å². The lowest BCUT2D eigenvalue weighted by Crippen LogP contribution is -2.67. The molecule has 3 nitrogen and oxygen atoms in total. The molecule has 2 rings (SSSR count). The van der Waals surface area contributed by atoms with Crippen LogP contribution in [0.2, 0.25) is 39.3 Å². The van der Waals surface area contributed by atoms with Crippen molar-refractivity contribution in [2.75, 3.05) is 0 Å². The van der Waals surface area contributed by atoms with Gasteiger partial charge >= 0.3 is 7.12 Å². The molecule has 0 amide bonds. The molecule has 1 aliphatic heterocycles. The summed E-state index contributed by atoms with van der Waals surface area (Å²) in [6, 6.07) is 0. The molecule has 4 atom stereocenters. The minimum Gasteiger partial charge on any atom is -0.404 e. The monoisotopic (exact) mass is 465 g/mol. The van der Waals surface area contributed by atoms with Gasteiger partial charge in [-0.1, -0.05) is 85.4 Å². The van der Waals surface area contributed by atoms with Gasteiger partial charge in [0.2, 0.25) is 0 Å². The molecule has 180 valence electrons. The van der Waals surface area contributed by atoms with Crippen molar-refractivity contribution >= 4 is 23.6 Å². The zero-order chi connectivity index (χ0) is 23.7. The van der Waals surface area contributed by atoms with Crippen LogP contribution in [0, 0.1) is 11.3 Å². The molecule has 0 aromatic rings. The van der Waals surface area contributed by atoms with Crippen molar-refractivity contribution in [3.05, 3.63) is 12.7 Å². The molecule has 2 fully saturated rings. The van der Waals surface area contributed by atoms with E-state index in [1.807, 2.05) is 6.08 Å². The van der Waals surface area contributed by atoms with Crippen LogP contribution < -0.4 is 0 Å². The highest BCUT2D eigenvalue weighted by molar-refractivity contribution is 6.90. The van der Waals surface area contributed by atoms with Gasteiger partial charge in [0.25, 0.3) is 0 Å². The van der Waals surface area contributed by atoms with E-state index in [1.165, 1.54) is 32.1 Å². The van der Waals surface area contributed by atoms with Gasteiger partial charge in [0.05, 0.1) is 11.7 Å². The Morgan fingerprint density at radius 2 is 1.61 bits per heavy atom. The van der Waals surface area contributed by atoms with Gasteiger partial charge in [0.1, 0.15) is 16.5 Å². The van der Waals surface area contributed by atoms with Gasteiger partial charge in [0.15, 0.2) is 0 Å². The van der Waals surface area contributed by atoms with Crippen LogP contribution in [0.4, 0.5) is 0 Å². The first kappa shape index (κ1) is 27.4. The molecular weight excluding hydrogens is 413 g/mol. The number of fused-ring (bicyclic) bond motifs is 1. The molecule has 0 aromatic carbocycles. The summed E-state index contributed by atoms with van der Waals surface area (Å²) < 4.78 is 16.7. The Morgan fingerprint density at radius 3 is 2.16 bits per heavy atom. The van der Waals surface area contributed by atoms with Gasteiger partial charge < -0.3 is 13.5 Å². The largest absolute Gasteiger partial charge is 0.474 e. The molecular formula is C25H52BNO2Si2. The van der Waals surface area contributed by atoms with E-state index in [-0.39, 0.29) is 18.8 Å². The van der Waals surface area contributed by atoms with E-state index in [4.69, 9.17) is 9.31 Å².